The monoisotopic (exact) mass is 183 g/mol. The normalized spacial score (nSPS) is 15.3. The predicted molar refractivity (Wildman–Crippen MR) is 48.4 cm³/mol. The summed E-state index contributed by atoms with van der Waals surface area (Å²) in [6.07, 6.45) is 0. The Labute approximate surface area is 76.2 Å². The first-order chi connectivity index (χ1) is 5.99. The largest absolute Gasteiger partial charge is 0.507 e. The van der Waals surface area contributed by atoms with E-state index in [9.17, 15) is 10.2 Å². The van der Waals surface area contributed by atoms with Crippen LogP contribution in [0.3, 0.4) is 0 Å². The highest BCUT2D eigenvalue weighted by Crippen LogP contribution is 2.34. The van der Waals surface area contributed by atoms with Gasteiger partial charge in [-0.05, 0) is 19.1 Å². The average Bonchev–Trinajstić information content (AvgIpc) is 2.03. The van der Waals surface area contributed by atoms with Crippen molar-refractivity contribution in [1.29, 1.82) is 0 Å². The second-order valence-corrected chi connectivity index (χ2v) is 3.25. The summed E-state index contributed by atoms with van der Waals surface area (Å²) in [4.78, 5) is 0. The molecule has 0 amide bonds. The Morgan fingerprint density at radius 3 is 2.15 bits per heavy atom. The molecule has 0 heterocycles. The number of rotatable bonds is 2. The summed E-state index contributed by atoms with van der Waals surface area (Å²) in [6.45, 7) is 1.18. The molecule has 1 atom stereocenters. The number of aliphatic hydroxyl groups is 1. The van der Waals surface area contributed by atoms with Crippen LogP contribution in [0.25, 0.3) is 0 Å². The molecule has 0 saturated carbocycles. The third-order valence-corrected chi connectivity index (χ3v) is 1.92. The van der Waals surface area contributed by atoms with Crippen molar-refractivity contribution in [3.63, 3.8) is 0 Å². The Morgan fingerprint density at radius 2 is 1.77 bits per heavy atom. The van der Waals surface area contributed by atoms with Gasteiger partial charge < -0.3 is 21.1 Å². The number of aliphatic hydroxyl groups excluding tert-OH is 1. The van der Waals surface area contributed by atoms with Crippen molar-refractivity contribution in [2.75, 3.05) is 6.61 Å². The van der Waals surface area contributed by atoms with Crippen LogP contribution in [-0.2, 0) is 5.54 Å². The maximum atomic E-state index is 9.41. The highest BCUT2D eigenvalue weighted by molar-refractivity contribution is 5.47. The highest BCUT2D eigenvalue weighted by atomic mass is 16.3. The fourth-order valence-corrected chi connectivity index (χ4v) is 1.19. The molecule has 0 unspecified atom stereocenters. The third kappa shape index (κ3) is 1.74. The van der Waals surface area contributed by atoms with Crippen molar-refractivity contribution in [3.8, 4) is 11.5 Å². The van der Waals surface area contributed by atoms with Crippen molar-refractivity contribution in [2.45, 2.75) is 12.5 Å². The van der Waals surface area contributed by atoms with Crippen LogP contribution in [0.1, 0.15) is 12.5 Å². The van der Waals surface area contributed by atoms with Crippen LogP contribution in [0.15, 0.2) is 18.2 Å². The number of benzene rings is 1. The van der Waals surface area contributed by atoms with Gasteiger partial charge in [0.2, 0.25) is 0 Å². The molecule has 4 heteroatoms. The molecule has 0 spiro atoms. The molecule has 0 aliphatic heterocycles. The summed E-state index contributed by atoms with van der Waals surface area (Å²) in [5.74, 6) is -0.224. The smallest absolute Gasteiger partial charge is 0.124 e. The number of phenols is 2. The minimum atomic E-state index is -1.13. The van der Waals surface area contributed by atoms with Gasteiger partial charge in [0.1, 0.15) is 11.5 Å². The van der Waals surface area contributed by atoms with E-state index in [0.717, 1.165) is 0 Å². The van der Waals surface area contributed by atoms with E-state index in [1.807, 2.05) is 0 Å². The highest BCUT2D eigenvalue weighted by Gasteiger charge is 2.26. The maximum Gasteiger partial charge on any atom is 0.124 e. The lowest BCUT2D eigenvalue weighted by molar-refractivity contribution is 0.203. The first kappa shape index (κ1) is 9.83. The van der Waals surface area contributed by atoms with Crippen molar-refractivity contribution >= 4 is 0 Å². The molecule has 1 aromatic rings. The van der Waals surface area contributed by atoms with Gasteiger partial charge in [-0.3, -0.25) is 0 Å². The van der Waals surface area contributed by atoms with E-state index in [4.69, 9.17) is 10.8 Å². The zero-order chi connectivity index (χ0) is 10.1. The van der Waals surface area contributed by atoms with Crippen LogP contribution in [0, 0.1) is 0 Å². The summed E-state index contributed by atoms with van der Waals surface area (Å²) >= 11 is 0. The van der Waals surface area contributed by atoms with E-state index in [0.29, 0.717) is 0 Å². The molecule has 1 rings (SSSR count). The molecular formula is C9H13NO3. The van der Waals surface area contributed by atoms with Gasteiger partial charge in [-0.15, -0.1) is 0 Å². The number of hydrogen-bond donors (Lipinski definition) is 4. The zero-order valence-corrected chi connectivity index (χ0v) is 7.36. The van der Waals surface area contributed by atoms with Crippen LogP contribution in [0.4, 0.5) is 0 Å². The van der Waals surface area contributed by atoms with Crippen molar-refractivity contribution in [3.05, 3.63) is 23.8 Å². The van der Waals surface area contributed by atoms with E-state index >= 15 is 0 Å². The summed E-state index contributed by atoms with van der Waals surface area (Å²) in [5.41, 5.74) is 4.70. The fourth-order valence-electron chi connectivity index (χ4n) is 1.19. The van der Waals surface area contributed by atoms with Crippen LogP contribution >= 0.6 is 0 Å². The number of phenolic OH excluding ortho intramolecular Hbond substituents is 2. The zero-order valence-electron chi connectivity index (χ0n) is 7.36. The van der Waals surface area contributed by atoms with Gasteiger partial charge in [-0.1, -0.05) is 6.07 Å². The Bertz CT molecular complexity index is 289. The molecule has 0 aliphatic rings. The standard InChI is InChI=1S/C9H13NO3/c1-9(10,5-11)8-6(12)3-2-4-7(8)13/h2-4,11-13H,5,10H2,1H3/t9-/m0/s1. The van der Waals surface area contributed by atoms with E-state index in [1.54, 1.807) is 0 Å². The Morgan fingerprint density at radius 1 is 1.31 bits per heavy atom. The lowest BCUT2D eigenvalue weighted by Crippen LogP contribution is -2.37. The molecule has 0 aromatic heterocycles. The summed E-state index contributed by atoms with van der Waals surface area (Å²) < 4.78 is 0. The molecule has 0 fully saturated rings. The molecular weight excluding hydrogens is 170 g/mol. The number of hydrogen-bond acceptors (Lipinski definition) is 4. The van der Waals surface area contributed by atoms with Crippen LogP contribution in [-0.4, -0.2) is 21.9 Å². The van der Waals surface area contributed by atoms with E-state index in [1.165, 1.54) is 25.1 Å². The molecule has 0 aliphatic carbocycles. The Kier molecular flexibility index (Phi) is 2.45. The lowest BCUT2D eigenvalue weighted by Gasteiger charge is -2.23. The van der Waals surface area contributed by atoms with Crippen LogP contribution in [0.2, 0.25) is 0 Å². The molecule has 5 N–H and O–H groups in total. The summed E-state index contributed by atoms with van der Waals surface area (Å²) in [6, 6.07) is 4.33. The molecule has 4 nitrogen and oxygen atoms in total. The minimum Gasteiger partial charge on any atom is -0.507 e. The molecule has 72 valence electrons. The van der Waals surface area contributed by atoms with Gasteiger partial charge in [-0.25, -0.2) is 0 Å². The van der Waals surface area contributed by atoms with Crippen LogP contribution in [0.5, 0.6) is 11.5 Å². The second kappa shape index (κ2) is 3.24. The topological polar surface area (TPSA) is 86.7 Å². The second-order valence-electron chi connectivity index (χ2n) is 3.25. The van der Waals surface area contributed by atoms with E-state index in [2.05, 4.69) is 0 Å². The van der Waals surface area contributed by atoms with E-state index in [-0.39, 0.29) is 23.7 Å². The Balaban J connectivity index is 3.28. The first-order valence-electron chi connectivity index (χ1n) is 3.90. The fraction of sp³-hybridized carbons (Fsp3) is 0.333. The van der Waals surface area contributed by atoms with Gasteiger partial charge in [0, 0.05) is 0 Å². The van der Waals surface area contributed by atoms with Gasteiger partial charge >= 0.3 is 0 Å². The average molecular weight is 183 g/mol. The number of aromatic hydroxyl groups is 2. The predicted octanol–water partition coefficient (Wildman–Crippen LogP) is 0.264. The lowest BCUT2D eigenvalue weighted by atomic mass is 9.92. The van der Waals surface area contributed by atoms with Crippen molar-refractivity contribution in [1.82, 2.24) is 0 Å². The first-order valence-corrected chi connectivity index (χ1v) is 3.90. The quantitative estimate of drug-likeness (QED) is 0.530. The molecule has 0 saturated heterocycles. The van der Waals surface area contributed by atoms with Gasteiger partial charge in [-0.2, -0.15) is 0 Å². The SMILES string of the molecule is C[C@](N)(CO)c1c(O)cccc1O. The third-order valence-electron chi connectivity index (χ3n) is 1.92. The Hall–Kier alpha value is -1.26. The van der Waals surface area contributed by atoms with E-state index < -0.39 is 5.54 Å². The minimum absolute atomic E-state index is 0.112. The number of nitrogens with two attached hydrogens (primary N) is 1. The maximum absolute atomic E-state index is 9.41. The molecule has 0 bridgehead atoms. The molecule has 13 heavy (non-hydrogen) atoms. The van der Waals surface area contributed by atoms with Gasteiger partial charge in [0.25, 0.3) is 0 Å². The van der Waals surface area contributed by atoms with Crippen molar-refractivity contribution < 1.29 is 15.3 Å². The summed E-state index contributed by atoms with van der Waals surface area (Å²) in [5, 5.41) is 27.8. The van der Waals surface area contributed by atoms with Crippen molar-refractivity contribution in [2.24, 2.45) is 5.73 Å². The molecule has 1 aromatic carbocycles. The molecule has 0 radical (unpaired) electrons. The summed E-state index contributed by atoms with van der Waals surface area (Å²) in [7, 11) is 0. The van der Waals surface area contributed by atoms with Crippen LogP contribution < -0.4 is 5.73 Å². The van der Waals surface area contributed by atoms with Gasteiger partial charge in [0.15, 0.2) is 0 Å². The van der Waals surface area contributed by atoms with Gasteiger partial charge in [0.05, 0.1) is 17.7 Å².